The van der Waals surface area contributed by atoms with E-state index in [0.29, 0.717) is 0 Å². The summed E-state index contributed by atoms with van der Waals surface area (Å²) in [6.07, 6.45) is 0. The van der Waals surface area contributed by atoms with Gasteiger partial charge in [0.2, 0.25) is 11.8 Å². The Morgan fingerprint density at radius 3 is 2.33 bits per heavy atom. The minimum absolute atomic E-state index is 0.122. The molecule has 0 aliphatic carbocycles. The summed E-state index contributed by atoms with van der Waals surface area (Å²) in [6.45, 7) is 1.46. The van der Waals surface area contributed by atoms with Gasteiger partial charge in [0, 0.05) is 5.71 Å². The van der Waals surface area contributed by atoms with Crippen LogP contribution in [-0.4, -0.2) is 41.8 Å². The van der Waals surface area contributed by atoms with Crippen LogP contribution in [0.25, 0.3) is 0 Å². The molecule has 1 aliphatic rings. The smallest absolute Gasteiger partial charge is 0.328 e. The molecule has 0 unspecified atom stereocenters. The minimum Gasteiger partial charge on any atom is -0.394 e. The molecule has 0 radical (unpaired) electrons. The van der Waals surface area contributed by atoms with Gasteiger partial charge in [-0.05, 0) is 6.92 Å². The van der Waals surface area contributed by atoms with Crippen LogP contribution in [0.4, 0.5) is 4.79 Å². The zero-order valence-electron chi connectivity index (χ0n) is 8.11. The van der Waals surface area contributed by atoms with Gasteiger partial charge in [-0.15, -0.1) is 0 Å². The molecule has 0 saturated carbocycles. The summed E-state index contributed by atoms with van der Waals surface area (Å²) in [5.74, 6) is -2.47. The molecule has 0 aromatic rings. The molecule has 1 saturated heterocycles. The fraction of sp³-hybridized carbons (Fsp3) is 0.500. The number of hydrogen-bond donors (Lipinski definition) is 3. The maximum Gasteiger partial charge on any atom is 0.328 e. The van der Waals surface area contributed by atoms with Crippen LogP contribution < -0.4 is 10.6 Å². The van der Waals surface area contributed by atoms with Crippen molar-refractivity contribution < 1.29 is 19.5 Å². The summed E-state index contributed by atoms with van der Waals surface area (Å²) in [5, 5.41) is 12.5. The van der Waals surface area contributed by atoms with Gasteiger partial charge in [0.1, 0.15) is 0 Å². The number of carbonyl (C=O) groups excluding carboxylic acids is 3. The van der Waals surface area contributed by atoms with Crippen molar-refractivity contribution >= 4 is 23.6 Å². The zero-order chi connectivity index (χ0) is 11.4. The fourth-order valence-electron chi connectivity index (χ4n) is 1.22. The average Bonchev–Trinajstić information content (AvgIpc) is 2.12. The van der Waals surface area contributed by atoms with Crippen molar-refractivity contribution in [1.29, 1.82) is 0 Å². The van der Waals surface area contributed by atoms with Gasteiger partial charge in [-0.25, -0.2) is 4.79 Å². The second kappa shape index (κ2) is 4.65. The molecule has 1 heterocycles. The number of urea groups is 1. The Kier molecular flexibility index (Phi) is 3.51. The second-order valence-corrected chi connectivity index (χ2v) is 2.99. The Morgan fingerprint density at radius 1 is 1.33 bits per heavy atom. The molecular formula is C8H11N3O4. The van der Waals surface area contributed by atoms with E-state index in [0.717, 1.165) is 0 Å². The lowest BCUT2D eigenvalue weighted by atomic mass is 10.0. The minimum atomic E-state index is -1.09. The summed E-state index contributed by atoms with van der Waals surface area (Å²) in [4.78, 5) is 37.1. The Hall–Kier alpha value is -1.76. The second-order valence-electron chi connectivity index (χ2n) is 2.99. The number of aliphatic imine (C=N–C) groups is 1. The first-order valence-corrected chi connectivity index (χ1v) is 4.33. The lowest BCUT2D eigenvalue weighted by Crippen LogP contribution is -2.57. The molecule has 7 nitrogen and oxygen atoms in total. The lowest BCUT2D eigenvalue weighted by molar-refractivity contribution is -0.132. The molecule has 0 aromatic carbocycles. The highest BCUT2D eigenvalue weighted by molar-refractivity contribution is 6.27. The summed E-state index contributed by atoms with van der Waals surface area (Å²) < 4.78 is 0. The number of aliphatic hydroxyl groups is 1. The quantitative estimate of drug-likeness (QED) is 0.388. The van der Waals surface area contributed by atoms with E-state index < -0.39 is 23.8 Å². The standard InChI is InChI=1S/C8H11N3O4/c1-4(9-2-3-12)5-6(13)10-8(15)11-7(5)14/h5,12H,2-3H2,1H3,(H2,10,11,13,14,15). The van der Waals surface area contributed by atoms with Crippen LogP contribution >= 0.6 is 0 Å². The maximum atomic E-state index is 11.3. The Balaban J connectivity index is 2.80. The summed E-state index contributed by atoms with van der Waals surface area (Å²) in [5.41, 5.74) is 0.270. The number of nitrogens with zero attached hydrogens (tertiary/aromatic N) is 1. The SMILES string of the molecule is CC(=NCCO)C1C(=O)NC(=O)NC1=O. The number of carbonyl (C=O) groups is 3. The molecule has 0 aromatic heterocycles. The Morgan fingerprint density at radius 2 is 1.87 bits per heavy atom. The van der Waals surface area contributed by atoms with Crippen molar-refractivity contribution in [1.82, 2.24) is 10.6 Å². The van der Waals surface area contributed by atoms with Crippen LogP contribution in [0.15, 0.2) is 4.99 Å². The molecule has 1 aliphatic heterocycles. The van der Waals surface area contributed by atoms with Gasteiger partial charge in [0.25, 0.3) is 0 Å². The first-order valence-electron chi connectivity index (χ1n) is 4.33. The van der Waals surface area contributed by atoms with Crippen molar-refractivity contribution in [3.63, 3.8) is 0 Å². The maximum absolute atomic E-state index is 11.3. The third-order valence-corrected chi connectivity index (χ3v) is 1.88. The highest BCUT2D eigenvalue weighted by Crippen LogP contribution is 2.05. The molecule has 0 spiro atoms. The highest BCUT2D eigenvalue weighted by Gasteiger charge is 2.35. The van der Waals surface area contributed by atoms with Gasteiger partial charge in [0.15, 0.2) is 5.92 Å². The van der Waals surface area contributed by atoms with Crippen LogP contribution in [0, 0.1) is 5.92 Å². The van der Waals surface area contributed by atoms with E-state index in [4.69, 9.17) is 5.11 Å². The van der Waals surface area contributed by atoms with E-state index in [-0.39, 0.29) is 18.9 Å². The van der Waals surface area contributed by atoms with E-state index in [2.05, 4.69) is 4.99 Å². The monoisotopic (exact) mass is 213 g/mol. The van der Waals surface area contributed by atoms with Gasteiger partial charge in [-0.1, -0.05) is 0 Å². The van der Waals surface area contributed by atoms with Crippen LogP contribution in [0.3, 0.4) is 0 Å². The van der Waals surface area contributed by atoms with Crippen molar-refractivity contribution in [2.75, 3.05) is 13.2 Å². The first-order chi connectivity index (χ1) is 7.06. The van der Waals surface area contributed by atoms with Crippen molar-refractivity contribution in [2.45, 2.75) is 6.92 Å². The van der Waals surface area contributed by atoms with Gasteiger partial charge in [-0.3, -0.25) is 25.2 Å². The number of hydrogen-bond acceptors (Lipinski definition) is 5. The largest absolute Gasteiger partial charge is 0.394 e. The predicted octanol–water partition coefficient (Wildman–Crippen LogP) is -1.58. The Bertz CT molecular complexity index is 317. The zero-order valence-corrected chi connectivity index (χ0v) is 8.11. The number of imide groups is 2. The van der Waals surface area contributed by atoms with Crippen molar-refractivity contribution in [2.24, 2.45) is 10.9 Å². The molecule has 1 fully saturated rings. The molecule has 0 atom stereocenters. The van der Waals surface area contributed by atoms with Crippen LogP contribution in [-0.2, 0) is 9.59 Å². The number of rotatable bonds is 3. The predicted molar refractivity (Wildman–Crippen MR) is 50.2 cm³/mol. The summed E-state index contributed by atoms with van der Waals surface area (Å²) in [6, 6.07) is -0.823. The van der Waals surface area contributed by atoms with Crippen LogP contribution in [0.2, 0.25) is 0 Å². The number of aliphatic hydroxyl groups excluding tert-OH is 1. The van der Waals surface area contributed by atoms with E-state index in [9.17, 15) is 14.4 Å². The Labute approximate surface area is 85.6 Å². The highest BCUT2D eigenvalue weighted by atomic mass is 16.3. The van der Waals surface area contributed by atoms with E-state index in [1.807, 2.05) is 10.6 Å². The van der Waals surface area contributed by atoms with Crippen LogP contribution in [0.1, 0.15) is 6.92 Å². The molecule has 4 amide bonds. The van der Waals surface area contributed by atoms with Crippen LogP contribution in [0.5, 0.6) is 0 Å². The van der Waals surface area contributed by atoms with Gasteiger partial charge >= 0.3 is 6.03 Å². The summed E-state index contributed by atoms with van der Waals surface area (Å²) in [7, 11) is 0. The van der Waals surface area contributed by atoms with Gasteiger partial charge in [-0.2, -0.15) is 0 Å². The topological polar surface area (TPSA) is 108 Å². The molecular weight excluding hydrogens is 202 g/mol. The molecule has 82 valence electrons. The number of nitrogens with one attached hydrogen (secondary N) is 2. The number of barbiturate groups is 1. The molecule has 1 rings (SSSR count). The third-order valence-electron chi connectivity index (χ3n) is 1.88. The van der Waals surface area contributed by atoms with Crippen molar-refractivity contribution in [3.8, 4) is 0 Å². The van der Waals surface area contributed by atoms with E-state index in [1.54, 1.807) is 0 Å². The summed E-state index contributed by atoms with van der Waals surface area (Å²) >= 11 is 0. The van der Waals surface area contributed by atoms with Crippen molar-refractivity contribution in [3.05, 3.63) is 0 Å². The first kappa shape index (κ1) is 11.3. The lowest BCUT2D eigenvalue weighted by Gasteiger charge is -2.20. The average molecular weight is 213 g/mol. The third kappa shape index (κ3) is 2.59. The molecule has 3 N–H and O–H groups in total. The normalized spacial score (nSPS) is 18.8. The van der Waals surface area contributed by atoms with E-state index >= 15 is 0 Å². The number of amides is 4. The van der Waals surface area contributed by atoms with Gasteiger partial charge < -0.3 is 5.11 Å². The molecule has 7 heteroatoms. The van der Waals surface area contributed by atoms with Gasteiger partial charge in [0.05, 0.1) is 13.2 Å². The fourth-order valence-corrected chi connectivity index (χ4v) is 1.22. The molecule has 0 bridgehead atoms. The van der Waals surface area contributed by atoms with E-state index in [1.165, 1.54) is 6.92 Å². The molecule has 15 heavy (non-hydrogen) atoms.